The maximum atomic E-state index is 12.0. The van der Waals surface area contributed by atoms with Crippen molar-refractivity contribution in [2.24, 2.45) is 0 Å². The molecule has 1 fully saturated rings. The normalized spacial score (nSPS) is 18.6. The minimum Gasteiger partial charge on any atom is -0.480 e. The SMILES string of the molecule is CC(C(=O)O)N1CCN(C(=O)c2ccn[nH]2)CC1. The zero-order chi connectivity index (χ0) is 13.1. The Bertz CT molecular complexity index is 424. The number of H-pyrrole nitrogens is 1. The topological polar surface area (TPSA) is 89.5 Å². The minimum absolute atomic E-state index is 0.0878. The molecule has 98 valence electrons. The summed E-state index contributed by atoms with van der Waals surface area (Å²) in [6.07, 6.45) is 1.54. The molecule has 0 aliphatic carbocycles. The largest absolute Gasteiger partial charge is 0.480 e. The molecule has 0 spiro atoms. The highest BCUT2D eigenvalue weighted by atomic mass is 16.4. The van der Waals surface area contributed by atoms with Gasteiger partial charge in [0.1, 0.15) is 11.7 Å². The van der Waals surface area contributed by atoms with E-state index in [9.17, 15) is 9.59 Å². The van der Waals surface area contributed by atoms with E-state index in [0.717, 1.165) is 0 Å². The number of hydrogen-bond donors (Lipinski definition) is 2. The van der Waals surface area contributed by atoms with Crippen LogP contribution < -0.4 is 0 Å². The van der Waals surface area contributed by atoms with Crippen molar-refractivity contribution in [1.82, 2.24) is 20.0 Å². The Morgan fingerprint density at radius 3 is 2.56 bits per heavy atom. The van der Waals surface area contributed by atoms with Gasteiger partial charge in [-0.25, -0.2) is 0 Å². The molecule has 1 atom stereocenters. The minimum atomic E-state index is -0.830. The number of aliphatic carboxylic acids is 1. The van der Waals surface area contributed by atoms with E-state index in [0.29, 0.717) is 31.9 Å². The van der Waals surface area contributed by atoms with Gasteiger partial charge in [-0.3, -0.25) is 19.6 Å². The van der Waals surface area contributed by atoms with Crippen molar-refractivity contribution < 1.29 is 14.7 Å². The summed E-state index contributed by atoms with van der Waals surface area (Å²) in [7, 11) is 0. The lowest BCUT2D eigenvalue weighted by Crippen LogP contribution is -2.53. The molecule has 1 amide bonds. The molecule has 1 aromatic heterocycles. The van der Waals surface area contributed by atoms with Crippen molar-refractivity contribution in [3.05, 3.63) is 18.0 Å². The lowest BCUT2D eigenvalue weighted by Gasteiger charge is -2.36. The van der Waals surface area contributed by atoms with E-state index in [-0.39, 0.29) is 5.91 Å². The summed E-state index contributed by atoms with van der Waals surface area (Å²) in [5, 5.41) is 15.3. The van der Waals surface area contributed by atoms with Gasteiger partial charge in [0.2, 0.25) is 0 Å². The monoisotopic (exact) mass is 252 g/mol. The Morgan fingerprint density at radius 1 is 1.39 bits per heavy atom. The van der Waals surface area contributed by atoms with Crippen LogP contribution in [0.2, 0.25) is 0 Å². The fourth-order valence-corrected chi connectivity index (χ4v) is 2.01. The van der Waals surface area contributed by atoms with Crippen LogP contribution in [0.15, 0.2) is 12.3 Å². The highest BCUT2D eigenvalue weighted by Crippen LogP contribution is 2.09. The zero-order valence-electron chi connectivity index (χ0n) is 10.2. The average Bonchev–Trinajstić information content (AvgIpc) is 2.91. The molecule has 2 N–H and O–H groups in total. The quantitative estimate of drug-likeness (QED) is 0.767. The number of nitrogens with zero attached hydrogens (tertiary/aromatic N) is 3. The molecule has 7 heteroatoms. The van der Waals surface area contributed by atoms with Gasteiger partial charge in [0, 0.05) is 32.4 Å². The summed E-state index contributed by atoms with van der Waals surface area (Å²) in [4.78, 5) is 26.4. The summed E-state index contributed by atoms with van der Waals surface area (Å²) in [6.45, 7) is 3.89. The molecule has 1 aliphatic heterocycles. The Labute approximate surface area is 104 Å². The number of aromatic nitrogens is 2. The first kappa shape index (κ1) is 12.6. The molecule has 0 aromatic carbocycles. The molecule has 1 unspecified atom stereocenters. The Balaban J connectivity index is 1.91. The van der Waals surface area contributed by atoms with E-state index in [1.807, 2.05) is 4.90 Å². The molecule has 0 bridgehead atoms. The molecular formula is C11H16N4O3. The van der Waals surface area contributed by atoms with Crippen LogP contribution in [-0.2, 0) is 4.79 Å². The second-order valence-corrected chi connectivity index (χ2v) is 4.31. The number of carboxylic acids is 1. The van der Waals surface area contributed by atoms with Gasteiger partial charge in [-0.15, -0.1) is 0 Å². The van der Waals surface area contributed by atoms with E-state index in [1.54, 1.807) is 17.9 Å². The Hall–Kier alpha value is -1.89. The van der Waals surface area contributed by atoms with Crippen LogP contribution >= 0.6 is 0 Å². The predicted octanol–water partition coefficient (Wildman–Crippen LogP) is -0.359. The van der Waals surface area contributed by atoms with Crippen molar-refractivity contribution in [2.45, 2.75) is 13.0 Å². The lowest BCUT2D eigenvalue weighted by atomic mass is 10.2. The molecule has 0 radical (unpaired) electrons. The number of amides is 1. The van der Waals surface area contributed by atoms with Crippen molar-refractivity contribution in [3.8, 4) is 0 Å². The van der Waals surface area contributed by atoms with Crippen molar-refractivity contribution in [2.75, 3.05) is 26.2 Å². The number of carbonyl (C=O) groups is 2. The van der Waals surface area contributed by atoms with Gasteiger partial charge in [-0.2, -0.15) is 5.10 Å². The molecule has 1 aliphatic rings. The van der Waals surface area contributed by atoms with Crippen LogP contribution in [0, 0.1) is 0 Å². The fourth-order valence-electron chi connectivity index (χ4n) is 2.01. The first-order valence-corrected chi connectivity index (χ1v) is 5.85. The first-order chi connectivity index (χ1) is 8.59. The van der Waals surface area contributed by atoms with Gasteiger partial charge in [0.25, 0.3) is 5.91 Å². The van der Waals surface area contributed by atoms with Crippen LogP contribution in [0.25, 0.3) is 0 Å². The highest BCUT2D eigenvalue weighted by Gasteiger charge is 2.27. The number of nitrogens with one attached hydrogen (secondary N) is 1. The number of carbonyl (C=O) groups excluding carboxylic acids is 1. The molecule has 18 heavy (non-hydrogen) atoms. The van der Waals surface area contributed by atoms with Crippen molar-refractivity contribution in [1.29, 1.82) is 0 Å². The molecule has 1 aromatic rings. The van der Waals surface area contributed by atoms with E-state index < -0.39 is 12.0 Å². The fraction of sp³-hybridized carbons (Fsp3) is 0.545. The summed E-state index contributed by atoms with van der Waals surface area (Å²) >= 11 is 0. The van der Waals surface area contributed by atoms with Gasteiger partial charge >= 0.3 is 5.97 Å². The van der Waals surface area contributed by atoms with Gasteiger partial charge < -0.3 is 10.0 Å². The third kappa shape index (κ3) is 2.51. The van der Waals surface area contributed by atoms with Crippen molar-refractivity contribution >= 4 is 11.9 Å². The average molecular weight is 252 g/mol. The second kappa shape index (κ2) is 5.18. The molecule has 7 nitrogen and oxygen atoms in total. The first-order valence-electron chi connectivity index (χ1n) is 5.85. The number of rotatable bonds is 3. The molecule has 1 saturated heterocycles. The molecular weight excluding hydrogens is 236 g/mol. The Morgan fingerprint density at radius 2 is 2.06 bits per heavy atom. The second-order valence-electron chi connectivity index (χ2n) is 4.31. The third-order valence-corrected chi connectivity index (χ3v) is 3.24. The highest BCUT2D eigenvalue weighted by molar-refractivity contribution is 5.92. The maximum absolute atomic E-state index is 12.0. The van der Waals surface area contributed by atoms with Gasteiger partial charge in [0.15, 0.2) is 0 Å². The van der Waals surface area contributed by atoms with Crippen molar-refractivity contribution in [3.63, 3.8) is 0 Å². The lowest BCUT2D eigenvalue weighted by molar-refractivity contribution is -0.143. The van der Waals surface area contributed by atoms with E-state index in [4.69, 9.17) is 5.11 Å². The predicted molar refractivity (Wildman–Crippen MR) is 63.2 cm³/mol. The van der Waals surface area contributed by atoms with E-state index >= 15 is 0 Å². The van der Waals surface area contributed by atoms with E-state index in [2.05, 4.69) is 10.2 Å². The molecule has 2 rings (SSSR count). The van der Waals surface area contributed by atoms with Crippen LogP contribution in [-0.4, -0.2) is 69.2 Å². The summed E-state index contributed by atoms with van der Waals surface area (Å²) < 4.78 is 0. The standard InChI is InChI=1S/C11H16N4O3/c1-8(11(17)18)14-4-6-15(7-5-14)10(16)9-2-3-12-13-9/h2-3,8H,4-7H2,1H3,(H,12,13)(H,17,18). The van der Waals surface area contributed by atoms with Crippen LogP contribution in [0.4, 0.5) is 0 Å². The van der Waals surface area contributed by atoms with Crippen LogP contribution in [0.3, 0.4) is 0 Å². The summed E-state index contributed by atoms with van der Waals surface area (Å²) in [6, 6.07) is 1.13. The summed E-state index contributed by atoms with van der Waals surface area (Å²) in [5.41, 5.74) is 0.467. The van der Waals surface area contributed by atoms with E-state index in [1.165, 1.54) is 6.20 Å². The van der Waals surface area contributed by atoms with Crippen LogP contribution in [0.5, 0.6) is 0 Å². The summed E-state index contributed by atoms with van der Waals surface area (Å²) in [5.74, 6) is -0.918. The zero-order valence-corrected chi connectivity index (χ0v) is 10.2. The van der Waals surface area contributed by atoms with Gasteiger partial charge in [-0.05, 0) is 13.0 Å². The number of aromatic amines is 1. The number of carboxylic acid groups (broad SMARTS) is 1. The Kier molecular flexibility index (Phi) is 3.61. The van der Waals surface area contributed by atoms with Crippen LogP contribution in [0.1, 0.15) is 17.4 Å². The molecule has 2 heterocycles. The third-order valence-electron chi connectivity index (χ3n) is 3.24. The van der Waals surface area contributed by atoms with Gasteiger partial charge in [0.05, 0.1) is 0 Å². The number of piperazine rings is 1. The van der Waals surface area contributed by atoms with Gasteiger partial charge in [-0.1, -0.05) is 0 Å². The smallest absolute Gasteiger partial charge is 0.320 e. The number of hydrogen-bond acceptors (Lipinski definition) is 4. The molecule has 0 saturated carbocycles. The maximum Gasteiger partial charge on any atom is 0.320 e.